The molecule has 0 bridgehead atoms. The van der Waals surface area contributed by atoms with Crippen molar-refractivity contribution in [1.29, 1.82) is 0 Å². The van der Waals surface area contributed by atoms with Crippen LogP contribution in [0.3, 0.4) is 0 Å². The monoisotopic (exact) mass is 374 g/mol. The zero-order valence-electron chi connectivity index (χ0n) is 14.8. The fourth-order valence-corrected chi connectivity index (χ4v) is 4.20. The van der Waals surface area contributed by atoms with Crippen molar-refractivity contribution < 1.29 is 18.0 Å². The molecular weight excluding hydrogens is 352 g/mol. The predicted molar refractivity (Wildman–Crippen MR) is 101 cm³/mol. The van der Waals surface area contributed by atoms with Crippen LogP contribution in [-0.4, -0.2) is 38.0 Å². The van der Waals surface area contributed by atoms with Gasteiger partial charge in [0.2, 0.25) is 15.9 Å². The van der Waals surface area contributed by atoms with E-state index in [9.17, 15) is 18.0 Å². The smallest absolute Gasteiger partial charge is 0.244 e. The lowest BCUT2D eigenvalue weighted by atomic mass is 10.2. The van der Waals surface area contributed by atoms with E-state index >= 15 is 0 Å². The first-order chi connectivity index (χ1) is 12.4. The maximum absolute atomic E-state index is 12.9. The highest BCUT2D eigenvalue weighted by molar-refractivity contribution is 7.89. The van der Waals surface area contributed by atoms with Crippen LogP contribution in [0.4, 0.5) is 5.69 Å². The van der Waals surface area contributed by atoms with Gasteiger partial charge in [0.25, 0.3) is 0 Å². The van der Waals surface area contributed by atoms with Crippen LogP contribution >= 0.6 is 0 Å². The first kappa shape index (κ1) is 19.8. The third kappa shape index (κ3) is 4.56. The van der Waals surface area contributed by atoms with Crippen molar-refractivity contribution in [3.05, 3.63) is 59.7 Å². The molecule has 0 saturated carbocycles. The Morgan fingerprint density at radius 1 is 1.12 bits per heavy atom. The van der Waals surface area contributed by atoms with Gasteiger partial charge in [0, 0.05) is 17.8 Å². The molecule has 0 saturated heterocycles. The number of carbonyl (C=O) groups excluding carboxylic acids is 2. The fraction of sp³-hybridized carbons (Fsp3) is 0.263. The van der Waals surface area contributed by atoms with Crippen molar-refractivity contribution in [3.63, 3.8) is 0 Å². The summed E-state index contributed by atoms with van der Waals surface area (Å²) in [5.41, 5.74) is 1.60. The minimum absolute atomic E-state index is 0.0768. The lowest BCUT2D eigenvalue weighted by Gasteiger charge is -2.22. The zero-order valence-corrected chi connectivity index (χ0v) is 15.6. The molecule has 0 aliphatic rings. The van der Waals surface area contributed by atoms with Crippen molar-refractivity contribution >= 4 is 27.9 Å². The highest BCUT2D eigenvalue weighted by atomic mass is 32.2. The summed E-state index contributed by atoms with van der Waals surface area (Å²) in [6.07, 6.45) is 1.05. The number of anilines is 1. The average molecular weight is 374 g/mol. The van der Waals surface area contributed by atoms with Crippen molar-refractivity contribution in [2.24, 2.45) is 0 Å². The largest absolute Gasteiger partial charge is 0.325 e. The molecule has 7 heteroatoms. The number of para-hydroxylation sites is 1. The van der Waals surface area contributed by atoms with Crippen LogP contribution in [0.1, 0.15) is 29.3 Å². The summed E-state index contributed by atoms with van der Waals surface area (Å²) in [6.45, 7) is 3.54. The van der Waals surface area contributed by atoms with E-state index in [-0.39, 0.29) is 23.5 Å². The molecule has 0 unspecified atom stereocenters. The second-order valence-electron chi connectivity index (χ2n) is 5.86. The molecule has 0 atom stereocenters. The first-order valence-electron chi connectivity index (χ1n) is 8.30. The van der Waals surface area contributed by atoms with E-state index in [1.165, 1.54) is 12.1 Å². The maximum Gasteiger partial charge on any atom is 0.244 e. The molecule has 138 valence electrons. The number of hydrogen-bond donors (Lipinski definition) is 1. The SMILES string of the molecule is CCCN(CC(=O)Nc1ccccc1C)S(=O)(=O)c1ccccc1C=O. The normalized spacial score (nSPS) is 11.3. The minimum Gasteiger partial charge on any atom is -0.325 e. The number of rotatable bonds is 8. The molecule has 0 aromatic heterocycles. The van der Waals surface area contributed by atoms with Gasteiger partial charge in [0.15, 0.2) is 6.29 Å². The zero-order chi connectivity index (χ0) is 19.2. The molecule has 1 amide bonds. The van der Waals surface area contributed by atoms with Gasteiger partial charge in [-0.25, -0.2) is 8.42 Å². The van der Waals surface area contributed by atoms with E-state index in [1.54, 1.807) is 24.3 Å². The number of aryl methyl sites for hydroxylation is 1. The number of sulfonamides is 1. The van der Waals surface area contributed by atoms with E-state index in [1.807, 2.05) is 26.0 Å². The lowest BCUT2D eigenvalue weighted by molar-refractivity contribution is -0.116. The number of amides is 1. The van der Waals surface area contributed by atoms with Crippen LogP contribution in [0.15, 0.2) is 53.4 Å². The van der Waals surface area contributed by atoms with E-state index in [0.717, 1.165) is 9.87 Å². The molecule has 0 aliphatic heterocycles. The quantitative estimate of drug-likeness (QED) is 0.720. The van der Waals surface area contributed by atoms with Crippen LogP contribution in [0.2, 0.25) is 0 Å². The van der Waals surface area contributed by atoms with Gasteiger partial charge < -0.3 is 5.32 Å². The summed E-state index contributed by atoms with van der Waals surface area (Å²) >= 11 is 0. The summed E-state index contributed by atoms with van der Waals surface area (Å²) in [6, 6.07) is 13.2. The summed E-state index contributed by atoms with van der Waals surface area (Å²) in [7, 11) is -3.96. The highest BCUT2D eigenvalue weighted by Crippen LogP contribution is 2.20. The second kappa shape index (κ2) is 8.73. The van der Waals surface area contributed by atoms with Gasteiger partial charge in [-0.3, -0.25) is 9.59 Å². The minimum atomic E-state index is -3.96. The third-order valence-electron chi connectivity index (χ3n) is 3.88. The Labute approximate surface area is 153 Å². The first-order valence-corrected chi connectivity index (χ1v) is 9.74. The van der Waals surface area contributed by atoms with Gasteiger partial charge in [0.1, 0.15) is 0 Å². The molecule has 6 nitrogen and oxygen atoms in total. The van der Waals surface area contributed by atoms with Crippen LogP contribution in [0.5, 0.6) is 0 Å². The Hall–Kier alpha value is -2.51. The molecule has 2 aromatic rings. The van der Waals surface area contributed by atoms with E-state index in [2.05, 4.69) is 5.32 Å². The number of nitrogens with zero attached hydrogens (tertiary/aromatic N) is 1. The Morgan fingerprint density at radius 3 is 2.42 bits per heavy atom. The molecule has 0 radical (unpaired) electrons. The molecular formula is C19H22N2O4S. The number of carbonyl (C=O) groups is 2. The molecule has 26 heavy (non-hydrogen) atoms. The van der Waals surface area contributed by atoms with Crippen LogP contribution < -0.4 is 5.32 Å². The molecule has 0 heterocycles. The second-order valence-corrected chi connectivity index (χ2v) is 7.76. The Balaban J connectivity index is 2.26. The standard InChI is InChI=1S/C19H22N2O4S/c1-3-12-21(13-19(23)20-17-10-6-4-8-15(17)2)26(24,25)18-11-7-5-9-16(18)14-22/h4-11,14H,3,12-13H2,1-2H3,(H,20,23). The number of nitrogens with one attached hydrogen (secondary N) is 1. The van der Waals surface area contributed by atoms with E-state index < -0.39 is 15.9 Å². The van der Waals surface area contributed by atoms with Gasteiger partial charge >= 0.3 is 0 Å². The van der Waals surface area contributed by atoms with E-state index in [4.69, 9.17) is 0 Å². The number of aldehydes is 1. The third-order valence-corrected chi connectivity index (χ3v) is 5.80. The summed E-state index contributed by atoms with van der Waals surface area (Å²) in [4.78, 5) is 23.5. The Kier molecular flexibility index (Phi) is 6.65. The maximum atomic E-state index is 12.9. The van der Waals surface area contributed by atoms with Crippen LogP contribution in [-0.2, 0) is 14.8 Å². The summed E-state index contributed by atoms with van der Waals surface area (Å²) in [5, 5.41) is 2.74. The Morgan fingerprint density at radius 2 is 1.77 bits per heavy atom. The summed E-state index contributed by atoms with van der Waals surface area (Å²) < 4.78 is 27.0. The molecule has 2 rings (SSSR count). The fourth-order valence-electron chi connectivity index (χ4n) is 2.55. The topological polar surface area (TPSA) is 83.6 Å². The summed E-state index contributed by atoms with van der Waals surface area (Å²) in [5.74, 6) is -0.431. The molecule has 2 aromatic carbocycles. The number of hydrogen-bond acceptors (Lipinski definition) is 4. The van der Waals surface area contributed by atoms with Gasteiger partial charge in [-0.2, -0.15) is 4.31 Å². The number of benzene rings is 2. The molecule has 0 spiro atoms. The van der Waals surface area contributed by atoms with Gasteiger partial charge in [-0.05, 0) is 31.0 Å². The predicted octanol–water partition coefficient (Wildman–Crippen LogP) is 2.85. The van der Waals surface area contributed by atoms with Gasteiger partial charge in [-0.1, -0.05) is 43.3 Å². The Bertz CT molecular complexity index is 894. The van der Waals surface area contributed by atoms with E-state index in [0.29, 0.717) is 18.4 Å². The highest BCUT2D eigenvalue weighted by Gasteiger charge is 2.28. The van der Waals surface area contributed by atoms with Crippen molar-refractivity contribution in [2.45, 2.75) is 25.2 Å². The van der Waals surface area contributed by atoms with Crippen molar-refractivity contribution in [1.82, 2.24) is 4.31 Å². The van der Waals surface area contributed by atoms with Gasteiger partial charge in [0.05, 0.1) is 11.4 Å². The van der Waals surface area contributed by atoms with Crippen LogP contribution in [0.25, 0.3) is 0 Å². The average Bonchev–Trinajstić information content (AvgIpc) is 2.63. The van der Waals surface area contributed by atoms with Crippen molar-refractivity contribution in [2.75, 3.05) is 18.4 Å². The lowest BCUT2D eigenvalue weighted by Crippen LogP contribution is -2.39. The van der Waals surface area contributed by atoms with Crippen LogP contribution in [0, 0.1) is 6.92 Å². The van der Waals surface area contributed by atoms with Gasteiger partial charge in [-0.15, -0.1) is 0 Å². The molecule has 0 aliphatic carbocycles. The van der Waals surface area contributed by atoms with Crippen molar-refractivity contribution in [3.8, 4) is 0 Å². The molecule has 1 N–H and O–H groups in total. The molecule has 0 fully saturated rings.